The summed E-state index contributed by atoms with van der Waals surface area (Å²) in [7, 11) is 0. The molecule has 3 aromatic rings. The van der Waals surface area contributed by atoms with E-state index >= 15 is 0 Å². The number of hydrogen-bond acceptors (Lipinski definition) is 4. The summed E-state index contributed by atoms with van der Waals surface area (Å²) in [4.78, 5) is 7.09. The number of hydrogen-bond donors (Lipinski definition) is 0. The fraction of sp³-hybridized carbons (Fsp3) is 0.333. The van der Waals surface area contributed by atoms with Crippen molar-refractivity contribution in [2.75, 3.05) is 6.61 Å². The van der Waals surface area contributed by atoms with Gasteiger partial charge in [0.05, 0.1) is 17.5 Å². The van der Waals surface area contributed by atoms with E-state index in [1.807, 2.05) is 17.7 Å². The van der Waals surface area contributed by atoms with Crippen molar-refractivity contribution in [1.82, 2.24) is 14.8 Å². The molecule has 0 saturated carbocycles. The summed E-state index contributed by atoms with van der Waals surface area (Å²) in [5.41, 5.74) is 1.23. The van der Waals surface area contributed by atoms with E-state index in [9.17, 15) is 0 Å². The first kappa shape index (κ1) is 14.6. The van der Waals surface area contributed by atoms with E-state index in [0.717, 1.165) is 42.5 Å². The van der Waals surface area contributed by atoms with Crippen molar-refractivity contribution in [3.63, 3.8) is 0 Å². The lowest BCUT2D eigenvalue weighted by molar-refractivity contribution is 0.114. The molecule has 4 nitrogen and oxygen atoms in total. The van der Waals surface area contributed by atoms with Crippen LogP contribution in [-0.2, 0) is 11.3 Å². The van der Waals surface area contributed by atoms with Crippen LogP contribution in [0.4, 0.5) is 0 Å². The maximum atomic E-state index is 5.79. The minimum absolute atomic E-state index is 0.264. The second-order valence-corrected chi connectivity index (χ2v) is 6.94. The van der Waals surface area contributed by atoms with Crippen LogP contribution in [0.3, 0.4) is 0 Å². The van der Waals surface area contributed by atoms with Crippen molar-refractivity contribution in [3.8, 4) is 10.7 Å². The molecule has 1 unspecified atom stereocenters. The second-order valence-electron chi connectivity index (χ2n) is 5.83. The summed E-state index contributed by atoms with van der Waals surface area (Å²) in [5.74, 6) is 1.75. The van der Waals surface area contributed by atoms with Crippen LogP contribution >= 0.6 is 11.3 Å². The summed E-state index contributed by atoms with van der Waals surface area (Å²) in [6, 6.07) is 14.7. The van der Waals surface area contributed by atoms with Crippen LogP contribution in [0.25, 0.3) is 10.7 Å². The van der Waals surface area contributed by atoms with E-state index in [1.54, 1.807) is 11.3 Å². The van der Waals surface area contributed by atoms with Crippen molar-refractivity contribution in [2.45, 2.75) is 32.4 Å². The molecule has 118 valence electrons. The van der Waals surface area contributed by atoms with Gasteiger partial charge in [-0.2, -0.15) is 5.10 Å². The lowest BCUT2D eigenvalue weighted by Crippen LogP contribution is -2.03. The predicted octanol–water partition coefficient (Wildman–Crippen LogP) is 4.21. The van der Waals surface area contributed by atoms with E-state index in [1.165, 1.54) is 10.4 Å². The monoisotopic (exact) mass is 325 g/mol. The summed E-state index contributed by atoms with van der Waals surface area (Å²) in [6.07, 6.45) is 2.54. The van der Waals surface area contributed by atoms with E-state index in [4.69, 9.17) is 4.74 Å². The molecule has 1 aliphatic heterocycles. The van der Waals surface area contributed by atoms with Gasteiger partial charge in [0.15, 0.2) is 5.82 Å². The zero-order chi connectivity index (χ0) is 15.6. The van der Waals surface area contributed by atoms with Gasteiger partial charge in [-0.05, 0) is 37.5 Å². The Hall–Kier alpha value is -1.98. The molecule has 0 aliphatic carbocycles. The molecule has 2 aromatic heterocycles. The Morgan fingerprint density at radius 2 is 2.09 bits per heavy atom. The minimum atomic E-state index is 0.264. The van der Waals surface area contributed by atoms with Crippen LogP contribution in [0.2, 0.25) is 0 Å². The highest BCUT2D eigenvalue weighted by atomic mass is 32.1. The molecule has 1 aromatic carbocycles. The fourth-order valence-corrected chi connectivity index (χ4v) is 4.04. The van der Waals surface area contributed by atoms with Crippen LogP contribution in [0.1, 0.15) is 35.2 Å². The quantitative estimate of drug-likeness (QED) is 0.721. The number of aromatic nitrogens is 3. The summed E-state index contributed by atoms with van der Waals surface area (Å²) in [6.45, 7) is 3.56. The third-order valence-corrected chi connectivity index (χ3v) is 5.22. The molecule has 1 fully saturated rings. The highest BCUT2D eigenvalue weighted by Crippen LogP contribution is 2.36. The van der Waals surface area contributed by atoms with Crippen LogP contribution in [-0.4, -0.2) is 21.4 Å². The Kier molecular flexibility index (Phi) is 3.97. The van der Waals surface area contributed by atoms with Gasteiger partial charge in [-0.3, -0.25) is 0 Å². The normalized spacial score (nSPS) is 17.7. The van der Waals surface area contributed by atoms with Gasteiger partial charge in [0.2, 0.25) is 0 Å². The number of aryl methyl sites for hydroxylation is 1. The summed E-state index contributed by atoms with van der Waals surface area (Å²) < 4.78 is 7.78. The van der Waals surface area contributed by atoms with Crippen LogP contribution in [0.15, 0.2) is 42.5 Å². The first-order valence-electron chi connectivity index (χ1n) is 7.97. The fourth-order valence-electron chi connectivity index (χ4n) is 2.95. The van der Waals surface area contributed by atoms with Gasteiger partial charge >= 0.3 is 0 Å². The maximum absolute atomic E-state index is 5.79. The Morgan fingerprint density at radius 1 is 1.22 bits per heavy atom. The number of thiophene rings is 1. The SMILES string of the molecule is Cc1nc(-c2ccc(C3CCCO3)s2)n(Cc2ccccc2)n1. The van der Waals surface area contributed by atoms with Gasteiger partial charge in [0.1, 0.15) is 5.82 Å². The molecule has 0 N–H and O–H groups in total. The topological polar surface area (TPSA) is 39.9 Å². The molecule has 3 heterocycles. The zero-order valence-corrected chi connectivity index (χ0v) is 13.9. The van der Waals surface area contributed by atoms with Gasteiger partial charge in [-0.25, -0.2) is 9.67 Å². The molecule has 0 spiro atoms. The van der Waals surface area contributed by atoms with E-state index < -0.39 is 0 Å². The average molecular weight is 325 g/mol. The third-order valence-electron chi connectivity index (χ3n) is 4.05. The van der Waals surface area contributed by atoms with Crippen molar-refractivity contribution in [2.24, 2.45) is 0 Å². The Balaban J connectivity index is 1.63. The molecule has 0 radical (unpaired) electrons. The van der Waals surface area contributed by atoms with Crippen molar-refractivity contribution >= 4 is 11.3 Å². The first-order valence-corrected chi connectivity index (χ1v) is 8.78. The van der Waals surface area contributed by atoms with E-state index in [0.29, 0.717) is 0 Å². The number of ether oxygens (including phenoxy) is 1. The van der Waals surface area contributed by atoms with Gasteiger partial charge in [0.25, 0.3) is 0 Å². The lowest BCUT2D eigenvalue weighted by Gasteiger charge is -2.06. The molecule has 4 rings (SSSR count). The molecule has 1 atom stereocenters. The third kappa shape index (κ3) is 3.07. The van der Waals surface area contributed by atoms with E-state index in [2.05, 4.69) is 46.5 Å². The lowest BCUT2D eigenvalue weighted by atomic mass is 10.2. The van der Waals surface area contributed by atoms with Crippen molar-refractivity contribution in [1.29, 1.82) is 0 Å². The van der Waals surface area contributed by atoms with Crippen LogP contribution < -0.4 is 0 Å². The Labute approximate surface area is 139 Å². The minimum Gasteiger partial charge on any atom is -0.373 e. The van der Waals surface area contributed by atoms with Gasteiger partial charge in [0, 0.05) is 11.5 Å². The highest BCUT2D eigenvalue weighted by molar-refractivity contribution is 7.15. The van der Waals surface area contributed by atoms with Gasteiger partial charge in [-0.1, -0.05) is 30.3 Å². The van der Waals surface area contributed by atoms with Gasteiger partial charge < -0.3 is 4.74 Å². The maximum Gasteiger partial charge on any atom is 0.168 e. The molecule has 0 bridgehead atoms. The zero-order valence-electron chi connectivity index (χ0n) is 13.1. The van der Waals surface area contributed by atoms with Crippen molar-refractivity contribution in [3.05, 3.63) is 58.7 Å². The molecule has 0 amide bonds. The molecule has 1 aliphatic rings. The Bertz CT molecular complexity index is 788. The Morgan fingerprint density at radius 3 is 2.87 bits per heavy atom. The molecule has 1 saturated heterocycles. The van der Waals surface area contributed by atoms with E-state index in [-0.39, 0.29) is 6.10 Å². The second kappa shape index (κ2) is 6.26. The highest BCUT2D eigenvalue weighted by Gasteiger charge is 2.21. The first-order chi connectivity index (χ1) is 11.3. The molecule has 23 heavy (non-hydrogen) atoms. The summed E-state index contributed by atoms with van der Waals surface area (Å²) >= 11 is 1.77. The predicted molar refractivity (Wildman–Crippen MR) is 91.5 cm³/mol. The number of rotatable bonds is 4. The molecular weight excluding hydrogens is 306 g/mol. The number of benzene rings is 1. The largest absolute Gasteiger partial charge is 0.373 e. The van der Waals surface area contributed by atoms with Crippen LogP contribution in [0.5, 0.6) is 0 Å². The van der Waals surface area contributed by atoms with Gasteiger partial charge in [-0.15, -0.1) is 11.3 Å². The standard InChI is InChI=1S/C18H19N3OS/c1-13-19-18(21(20-13)12-14-6-3-2-4-7-14)17-10-9-16(23-17)15-8-5-11-22-15/h2-4,6-7,9-10,15H,5,8,11-12H2,1H3. The molecular formula is C18H19N3OS. The van der Waals surface area contributed by atoms with Crippen LogP contribution in [0, 0.1) is 6.92 Å². The van der Waals surface area contributed by atoms with Crippen molar-refractivity contribution < 1.29 is 4.74 Å². The smallest absolute Gasteiger partial charge is 0.168 e. The summed E-state index contributed by atoms with van der Waals surface area (Å²) in [5, 5.41) is 4.57. The average Bonchev–Trinajstić information content (AvgIpc) is 3.27. The molecule has 5 heteroatoms. The number of nitrogens with zero attached hydrogens (tertiary/aromatic N) is 3.